The highest BCUT2D eigenvalue weighted by Crippen LogP contribution is 2.21. The first-order valence-electron chi connectivity index (χ1n) is 6.56. The molecular weight excluding hydrogens is 318 g/mol. The van der Waals surface area contributed by atoms with Crippen LogP contribution in [0.2, 0.25) is 0 Å². The van der Waals surface area contributed by atoms with Crippen molar-refractivity contribution in [3.8, 4) is 10.7 Å². The van der Waals surface area contributed by atoms with Gasteiger partial charge in [0.15, 0.2) is 0 Å². The molecule has 1 aromatic carbocycles. The quantitative estimate of drug-likeness (QED) is 0.780. The van der Waals surface area contributed by atoms with E-state index in [1.54, 1.807) is 36.5 Å². The van der Waals surface area contributed by atoms with Crippen LogP contribution in [0, 0.1) is 0 Å². The molecule has 0 fully saturated rings. The van der Waals surface area contributed by atoms with Gasteiger partial charge in [-0.2, -0.15) is 0 Å². The fraction of sp³-hybridized carbons (Fsp3) is 0.0667. The van der Waals surface area contributed by atoms with Crippen LogP contribution in [0.5, 0.6) is 0 Å². The average Bonchev–Trinajstić information content (AvgIpc) is 3.04. The Morgan fingerprint density at radius 2 is 1.82 bits per heavy atom. The van der Waals surface area contributed by atoms with E-state index in [1.807, 2.05) is 23.6 Å². The summed E-state index contributed by atoms with van der Waals surface area (Å²) in [6.45, 7) is 0.153. The van der Waals surface area contributed by atoms with E-state index in [1.165, 1.54) is 11.3 Å². The molecule has 0 aliphatic carbocycles. The molecule has 3 rings (SSSR count). The number of aromatic nitrogens is 2. The molecule has 0 radical (unpaired) electrons. The molecule has 0 aliphatic rings. The highest BCUT2D eigenvalue weighted by atomic mass is 32.2. The van der Waals surface area contributed by atoms with E-state index in [0.29, 0.717) is 5.69 Å². The molecule has 0 atom stereocenters. The van der Waals surface area contributed by atoms with E-state index >= 15 is 0 Å². The van der Waals surface area contributed by atoms with Gasteiger partial charge in [0.05, 0.1) is 22.8 Å². The fourth-order valence-electron chi connectivity index (χ4n) is 1.85. The minimum Gasteiger partial charge on any atom is -0.254 e. The molecule has 7 heteroatoms. The fourth-order valence-corrected chi connectivity index (χ4v) is 3.66. The summed E-state index contributed by atoms with van der Waals surface area (Å²) in [6.07, 6.45) is 1.70. The number of hydrogen-bond donors (Lipinski definition) is 1. The van der Waals surface area contributed by atoms with Crippen LogP contribution in [-0.2, 0) is 16.6 Å². The van der Waals surface area contributed by atoms with E-state index in [9.17, 15) is 8.42 Å². The summed E-state index contributed by atoms with van der Waals surface area (Å²) in [5, 5.41) is 2.60. The molecule has 0 saturated heterocycles. The van der Waals surface area contributed by atoms with E-state index in [4.69, 9.17) is 0 Å². The van der Waals surface area contributed by atoms with E-state index in [-0.39, 0.29) is 11.4 Å². The first kappa shape index (κ1) is 14.8. The lowest BCUT2D eigenvalue weighted by atomic mass is 10.4. The summed E-state index contributed by atoms with van der Waals surface area (Å²) in [6, 6.07) is 13.9. The number of rotatable bonds is 5. The number of nitrogens with zero attached hydrogens (tertiary/aromatic N) is 2. The predicted octanol–water partition coefficient (Wildman–Crippen LogP) is 2.68. The minimum atomic E-state index is -3.51. The molecule has 0 saturated carbocycles. The molecule has 0 aliphatic heterocycles. The predicted molar refractivity (Wildman–Crippen MR) is 85.8 cm³/mol. The van der Waals surface area contributed by atoms with Crippen LogP contribution in [0.4, 0.5) is 0 Å². The Morgan fingerprint density at radius 1 is 1.05 bits per heavy atom. The maximum absolute atomic E-state index is 12.1. The zero-order valence-corrected chi connectivity index (χ0v) is 13.1. The van der Waals surface area contributed by atoms with Crippen molar-refractivity contribution in [3.63, 3.8) is 0 Å². The van der Waals surface area contributed by atoms with Crippen molar-refractivity contribution in [1.29, 1.82) is 0 Å². The molecule has 0 amide bonds. The summed E-state index contributed by atoms with van der Waals surface area (Å²) >= 11 is 1.44. The summed E-state index contributed by atoms with van der Waals surface area (Å²) < 4.78 is 26.8. The van der Waals surface area contributed by atoms with Gasteiger partial charge in [-0.1, -0.05) is 24.3 Å². The van der Waals surface area contributed by atoms with Gasteiger partial charge in [0.2, 0.25) is 10.0 Å². The highest BCUT2D eigenvalue weighted by molar-refractivity contribution is 7.89. The van der Waals surface area contributed by atoms with Gasteiger partial charge < -0.3 is 0 Å². The van der Waals surface area contributed by atoms with Gasteiger partial charge in [-0.25, -0.2) is 18.1 Å². The number of sulfonamides is 1. The third-order valence-electron chi connectivity index (χ3n) is 2.93. The maximum Gasteiger partial charge on any atom is 0.240 e. The van der Waals surface area contributed by atoms with Crippen molar-refractivity contribution in [2.75, 3.05) is 0 Å². The van der Waals surface area contributed by atoms with Gasteiger partial charge in [0.1, 0.15) is 5.01 Å². The van der Waals surface area contributed by atoms with Crippen LogP contribution >= 0.6 is 11.3 Å². The van der Waals surface area contributed by atoms with Crippen LogP contribution in [0.25, 0.3) is 10.7 Å². The van der Waals surface area contributed by atoms with E-state index < -0.39 is 10.0 Å². The minimum absolute atomic E-state index is 0.153. The molecule has 3 aromatic rings. The van der Waals surface area contributed by atoms with Gasteiger partial charge >= 0.3 is 0 Å². The van der Waals surface area contributed by atoms with Crippen molar-refractivity contribution in [3.05, 3.63) is 65.8 Å². The number of nitrogens with one attached hydrogen (secondary N) is 1. The molecule has 112 valence electrons. The second kappa shape index (κ2) is 6.35. The zero-order valence-electron chi connectivity index (χ0n) is 11.5. The Balaban J connectivity index is 1.72. The van der Waals surface area contributed by atoms with Crippen molar-refractivity contribution >= 4 is 21.4 Å². The second-order valence-electron chi connectivity index (χ2n) is 4.50. The normalized spacial score (nSPS) is 11.5. The molecule has 2 aromatic heterocycles. The molecule has 22 heavy (non-hydrogen) atoms. The van der Waals surface area contributed by atoms with Crippen LogP contribution in [0.3, 0.4) is 0 Å². The lowest BCUT2D eigenvalue weighted by Gasteiger charge is -2.04. The first-order valence-corrected chi connectivity index (χ1v) is 8.92. The Labute approximate surface area is 132 Å². The number of benzene rings is 1. The van der Waals surface area contributed by atoms with Crippen molar-refractivity contribution in [1.82, 2.24) is 14.7 Å². The number of pyridine rings is 1. The topological polar surface area (TPSA) is 72.0 Å². The zero-order chi connectivity index (χ0) is 15.4. The van der Waals surface area contributed by atoms with Crippen LogP contribution < -0.4 is 4.72 Å². The summed E-state index contributed by atoms with van der Waals surface area (Å²) in [7, 11) is -3.51. The third-order valence-corrected chi connectivity index (χ3v) is 5.26. The highest BCUT2D eigenvalue weighted by Gasteiger charge is 2.14. The van der Waals surface area contributed by atoms with Gasteiger partial charge in [-0.3, -0.25) is 4.98 Å². The molecule has 5 nitrogen and oxygen atoms in total. The molecular formula is C15H13N3O2S2. The van der Waals surface area contributed by atoms with E-state index in [2.05, 4.69) is 14.7 Å². The van der Waals surface area contributed by atoms with Crippen molar-refractivity contribution < 1.29 is 8.42 Å². The van der Waals surface area contributed by atoms with Gasteiger partial charge in [0, 0.05) is 11.6 Å². The van der Waals surface area contributed by atoms with E-state index in [0.717, 1.165) is 10.7 Å². The average molecular weight is 331 g/mol. The second-order valence-corrected chi connectivity index (χ2v) is 7.12. The first-order chi connectivity index (χ1) is 10.6. The summed E-state index contributed by atoms with van der Waals surface area (Å²) in [5.74, 6) is 0. The lowest BCUT2D eigenvalue weighted by Crippen LogP contribution is -2.23. The summed E-state index contributed by atoms with van der Waals surface area (Å²) in [5.41, 5.74) is 1.45. The third kappa shape index (κ3) is 3.38. The van der Waals surface area contributed by atoms with Gasteiger partial charge in [-0.15, -0.1) is 11.3 Å². The standard InChI is InChI=1S/C15H13N3O2S2/c19-22(20,13-6-2-1-3-7-13)17-10-12-11-21-15(18-12)14-8-4-5-9-16-14/h1-9,11,17H,10H2. The monoisotopic (exact) mass is 331 g/mol. The van der Waals surface area contributed by atoms with Crippen molar-refractivity contribution in [2.45, 2.75) is 11.4 Å². The largest absolute Gasteiger partial charge is 0.254 e. The van der Waals surface area contributed by atoms with Crippen LogP contribution in [-0.4, -0.2) is 18.4 Å². The molecule has 2 heterocycles. The Hall–Kier alpha value is -2.09. The molecule has 0 unspecified atom stereocenters. The maximum atomic E-state index is 12.1. The summed E-state index contributed by atoms with van der Waals surface area (Å²) in [4.78, 5) is 8.88. The SMILES string of the molecule is O=S(=O)(NCc1csc(-c2ccccn2)n1)c1ccccc1. The molecule has 0 spiro atoms. The Kier molecular flexibility index (Phi) is 4.28. The smallest absolute Gasteiger partial charge is 0.240 e. The van der Waals surface area contributed by atoms with Crippen LogP contribution in [0.1, 0.15) is 5.69 Å². The Morgan fingerprint density at radius 3 is 2.55 bits per heavy atom. The van der Waals surface area contributed by atoms with Gasteiger partial charge in [0.25, 0.3) is 0 Å². The molecule has 1 N–H and O–H groups in total. The Bertz CT molecular complexity index is 847. The van der Waals surface area contributed by atoms with Crippen molar-refractivity contribution in [2.24, 2.45) is 0 Å². The van der Waals surface area contributed by atoms with Gasteiger partial charge in [-0.05, 0) is 24.3 Å². The lowest BCUT2D eigenvalue weighted by molar-refractivity contribution is 0.580. The van der Waals surface area contributed by atoms with Crippen LogP contribution in [0.15, 0.2) is 65.0 Å². The number of thiazole rings is 1. The molecule has 0 bridgehead atoms. The number of hydrogen-bond acceptors (Lipinski definition) is 5.